The Bertz CT molecular complexity index is 1740. The second-order valence-electron chi connectivity index (χ2n) is 12.8. The van der Waals surface area contributed by atoms with Gasteiger partial charge in [-0.25, -0.2) is 0 Å². The summed E-state index contributed by atoms with van der Waals surface area (Å²) in [7, 11) is 3.11. The lowest BCUT2D eigenvalue weighted by atomic mass is 9.57. The number of hydrogen-bond acceptors (Lipinski definition) is 10. The Morgan fingerprint density at radius 3 is 2.43 bits per heavy atom. The van der Waals surface area contributed by atoms with E-state index < -0.39 is 64.1 Å². The Labute approximate surface area is 265 Å². The monoisotopic (exact) mass is 631 g/mol. The molecule has 5 atom stereocenters. The molecule has 1 aliphatic heterocycles. The van der Waals surface area contributed by atoms with Crippen molar-refractivity contribution < 1.29 is 44.3 Å². The van der Waals surface area contributed by atoms with Gasteiger partial charge in [0.05, 0.1) is 11.6 Å². The SMILES string of the molecule is Cc1ccc(-c2cc(CNC(=O)C3CCCO3)c(O)c3c2C[C@H]2C[C@H]4[C@H](N(C)C)C(=O)C(C(N)=O)=C(O)[C@@]4(O)C(=O)C2=C3O)cc1. The molecule has 1 saturated heterocycles. The molecule has 0 radical (unpaired) electrons. The average molecular weight is 632 g/mol. The molecule has 7 N–H and O–H groups in total. The molecular formula is C34H37N3O9. The number of benzene rings is 2. The van der Waals surface area contributed by atoms with Crippen molar-refractivity contribution in [3.05, 3.63) is 69.5 Å². The van der Waals surface area contributed by atoms with Crippen LogP contribution in [0.4, 0.5) is 0 Å². The number of aryl methyl sites for hydroxylation is 1. The molecule has 2 amide bonds. The van der Waals surface area contributed by atoms with Gasteiger partial charge in [-0.2, -0.15) is 0 Å². The Morgan fingerprint density at radius 1 is 1.13 bits per heavy atom. The Balaban J connectivity index is 1.52. The van der Waals surface area contributed by atoms with Crippen LogP contribution in [0.3, 0.4) is 0 Å². The predicted octanol–water partition coefficient (Wildman–Crippen LogP) is 1.73. The number of nitrogens with zero attached hydrogens (tertiary/aromatic N) is 1. The predicted molar refractivity (Wildman–Crippen MR) is 165 cm³/mol. The van der Waals surface area contributed by atoms with E-state index in [0.717, 1.165) is 17.5 Å². The highest BCUT2D eigenvalue weighted by molar-refractivity contribution is 6.24. The summed E-state index contributed by atoms with van der Waals surface area (Å²) in [6.07, 6.45) is 0.877. The van der Waals surface area contributed by atoms with Crippen LogP contribution >= 0.6 is 0 Å². The van der Waals surface area contributed by atoms with Crippen molar-refractivity contribution >= 4 is 29.1 Å². The molecule has 0 aromatic heterocycles. The van der Waals surface area contributed by atoms with Crippen LogP contribution in [0.2, 0.25) is 0 Å². The molecule has 0 spiro atoms. The first kappa shape index (κ1) is 31.5. The third-order valence-corrected chi connectivity index (χ3v) is 9.84. The van der Waals surface area contributed by atoms with Crippen LogP contribution in [-0.2, 0) is 36.9 Å². The molecule has 1 saturated carbocycles. The number of carbonyl (C=O) groups is 4. The summed E-state index contributed by atoms with van der Waals surface area (Å²) in [6.45, 7) is 2.33. The first-order valence-corrected chi connectivity index (χ1v) is 15.3. The van der Waals surface area contributed by atoms with Crippen molar-refractivity contribution in [3.8, 4) is 16.9 Å². The lowest BCUT2D eigenvalue weighted by Crippen LogP contribution is -2.65. The van der Waals surface area contributed by atoms with Crippen molar-refractivity contribution in [3.63, 3.8) is 0 Å². The minimum atomic E-state index is -2.73. The molecule has 1 unspecified atom stereocenters. The number of Topliss-reactive ketones (excluding diaryl/α,β-unsaturated/α-hetero) is 2. The number of phenols is 1. The summed E-state index contributed by atoms with van der Waals surface area (Å²) in [5, 5.41) is 49.2. The van der Waals surface area contributed by atoms with Crippen molar-refractivity contribution in [2.24, 2.45) is 17.6 Å². The second-order valence-corrected chi connectivity index (χ2v) is 12.8. The number of aromatic hydroxyl groups is 1. The van der Waals surface area contributed by atoms with Gasteiger partial charge in [-0.15, -0.1) is 0 Å². The summed E-state index contributed by atoms with van der Waals surface area (Å²) in [5.74, 6) is -7.48. The lowest BCUT2D eigenvalue weighted by molar-refractivity contribution is -0.153. The third-order valence-electron chi connectivity index (χ3n) is 9.84. The van der Waals surface area contributed by atoms with E-state index in [2.05, 4.69) is 5.32 Å². The smallest absolute Gasteiger partial charge is 0.255 e. The van der Waals surface area contributed by atoms with Crippen LogP contribution in [0.5, 0.6) is 5.75 Å². The zero-order valence-corrected chi connectivity index (χ0v) is 25.8. The summed E-state index contributed by atoms with van der Waals surface area (Å²) in [6, 6.07) is 8.21. The number of rotatable bonds is 6. The lowest BCUT2D eigenvalue weighted by Gasteiger charge is -2.50. The number of hydrogen-bond donors (Lipinski definition) is 6. The summed E-state index contributed by atoms with van der Waals surface area (Å²) < 4.78 is 5.47. The maximum atomic E-state index is 14.2. The van der Waals surface area contributed by atoms with E-state index in [-0.39, 0.29) is 47.7 Å². The Kier molecular flexibility index (Phi) is 7.78. The number of ether oxygens (including phenoxy) is 1. The van der Waals surface area contributed by atoms with Gasteiger partial charge in [-0.1, -0.05) is 29.8 Å². The number of aliphatic hydroxyl groups is 3. The number of nitrogens with two attached hydrogens (primary N) is 1. The van der Waals surface area contributed by atoms with Crippen molar-refractivity contribution in [2.45, 2.75) is 56.9 Å². The Morgan fingerprint density at radius 2 is 1.83 bits per heavy atom. The number of ketones is 2. The summed E-state index contributed by atoms with van der Waals surface area (Å²) >= 11 is 0. The van der Waals surface area contributed by atoms with E-state index in [1.54, 1.807) is 20.2 Å². The number of amides is 2. The number of nitrogens with one attached hydrogen (secondary N) is 1. The molecule has 12 heteroatoms. The van der Waals surface area contributed by atoms with E-state index in [0.29, 0.717) is 24.2 Å². The van der Waals surface area contributed by atoms with Gasteiger partial charge >= 0.3 is 0 Å². The highest BCUT2D eigenvalue weighted by Crippen LogP contribution is 2.54. The maximum absolute atomic E-state index is 14.2. The van der Waals surface area contributed by atoms with Gasteiger partial charge in [0.25, 0.3) is 5.91 Å². The number of primary amides is 1. The van der Waals surface area contributed by atoms with Crippen LogP contribution in [0, 0.1) is 18.8 Å². The molecule has 6 rings (SSSR count). The van der Waals surface area contributed by atoms with E-state index in [1.807, 2.05) is 31.2 Å². The fourth-order valence-electron chi connectivity index (χ4n) is 7.57. The molecule has 2 fully saturated rings. The number of phenolic OH excluding ortho intramolecular Hbond substituents is 1. The number of likely N-dealkylation sites (N-methyl/N-ethyl adjacent to an activating group) is 1. The normalized spacial score (nSPS) is 27.4. The van der Waals surface area contributed by atoms with Gasteiger partial charge in [-0.3, -0.25) is 24.1 Å². The first-order valence-electron chi connectivity index (χ1n) is 15.3. The second kappa shape index (κ2) is 11.4. The van der Waals surface area contributed by atoms with Crippen molar-refractivity contribution in [1.82, 2.24) is 10.2 Å². The largest absolute Gasteiger partial charge is 0.508 e. The Hall–Kier alpha value is -4.52. The molecule has 2 aromatic rings. The molecule has 3 aliphatic carbocycles. The number of carbonyl (C=O) groups excluding carboxylic acids is 4. The van der Waals surface area contributed by atoms with E-state index in [9.17, 15) is 39.6 Å². The number of fused-ring (bicyclic) bond motifs is 3. The van der Waals surface area contributed by atoms with Gasteiger partial charge in [0, 0.05) is 30.2 Å². The fraction of sp³-hybridized carbons (Fsp3) is 0.412. The van der Waals surface area contributed by atoms with E-state index >= 15 is 0 Å². The minimum Gasteiger partial charge on any atom is -0.508 e. The highest BCUT2D eigenvalue weighted by Gasteiger charge is 2.64. The fourth-order valence-corrected chi connectivity index (χ4v) is 7.57. The van der Waals surface area contributed by atoms with Gasteiger partial charge in [0.1, 0.15) is 28.9 Å². The molecule has 1 heterocycles. The summed E-state index contributed by atoms with van der Waals surface area (Å²) in [5.41, 5.74) is 4.82. The highest BCUT2D eigenvalue weighted by atomic mass is 16.5. The van der Waals surface area contributed by atoms with Crippen LogP contribution in [0.15, 0.2) is 47.2 Å². The van der Waals surface area contributed by atoms with Gasteiger partial charge in [0.2, 0.25) is 11.7 Å². The van der Waals surface area contributed by atoms with E-state index in [4.69, 9.17) is 10.5 Å². The van der Waals surface area contributed by atoms with Crippen LogP contribution in [-0.4, -0.2) is 87.2 Å². The third kappa shape index (κ3) is 4.70. The van der Waals surface area contributed by atoms with Crippen LogP contribution in [0.1, 0.15) is 41.5 Å². The number of aliphatic hydroxyl groups excluding tert-OH is 2. The summed E-state index contributed by atoms with van der Waals surface area (Å²) in [4.78, 5) is 54.1. The molecule has 0 bridgehead atoms. The zero-order chi connectivity index (χ0) is 33.2. The molecule has 46 heavy (non-hydrogen) atoms. The molecular weight excluding hydrogens is 594 g/mol. The quantitative estimate of drug-likeness (QED) is 0.255. The topological polar surface area (TPSA) is 200 Å². The van der Waals surface area contributed by atoms with Gasteiger partial charge in [-0.05, 0) is 75.4 Å². The van der Waals surface area contributed by atoms with Gasteiger partial charge in [0.15, 0.2) is 11.4 Å². The first-order chi connectivity index (χ1) is 21.8. The zero-order valence-electron chi connectivity index (χ0n) is 25.8. The molecule has 4 aliphatic rings. The molecule has 242 valence electrons. The van der Waals surface area contributed by atoms with Crippen LogP contribution in [0.25, 0.3) is 16.9 Å². The maximum Gasteiger partial charge on any atom is 0.255 e. The minimum absolute atomic E-state index is 0.0148. The van der Waals surface area contributed by atoms with Gasteiger partial charge < -0.3 is 36.2 Å². The van der Waals surface area contributed by atoms with Crippen molar-refractivity contribution in [2.75, 3.05) is 20.7 Å². The van der Waals surface area contributed by atoms with Crippen LogP contribution < -0.4 is 11.1 Å². The average Bonchev–Trinajstić information content (AvgIpc) is 3.54. The molecule has 2 aromatic carbocycles. The van der Waals surface area contributed by atoms with E-state index in [1.165, 1.54) is 4.90 Å². The van der Waals surface area contributed by atoms with Crippen molar-refractivity contribution in [1.29, 1.82) is 0 Å². The molecule has 12 nitrogen and oxygen atoms in total. The standard InChI is InChI=1S/C34H37N3O9/c1-15-6-8-16(9-7-15)19-12-18(14-36-33(44)22-5-4-10-46-22)27(38)24-20(19)11-17-13-21-26(37(2)3)29(40)25(32(35)43)31(42)34(21,45)30(41)23(17)28(24)39/h6-9,12,17,21-22,26,38-39,42,45H,4-5,10-11,13-14H2,1-3H3,(H2,35,43)(H,36,44)/t17-,21-,22?,26-,34-/m0/s1.